The van der Waals surface area contributed by atoms with Gasteiger partial charge < -0.3 is 10.4 Å². The van der Waals surface area contributed by atoms with Gasteiger partial charge in [-0.2, -0.15) is 0 Å². The van der Waals surface area contributed by atoms with E-state index in [2.05, 4.69) is 12.2 Å². The Bertz CT molecular complexity index is 612. The van der Waals surface area contributed by atoms with Gasteiger partial charge in [0.15, 0.2) is 0 Å². The van der Waals surface area contributed by atoms with Gasteiger partial charge in [0, 0.05) is 41.0 Å². The summed E-state index contributed by atoms with van der Waals surface area (Å²) in [5, 5.41) is 15.6. The highest BCUT2D eigenvalue weighted by Crippen LogP contribution is 2.26. The first kappa shape index (κ1) is 15.0. The predicted octanol–water partition coefficient (Wildman–Crippen LogP) is 2.79. The van der Waals surface area contributed by atoms with Gasteiger partial charge in [-0.25, -0.2) is 0 Å². The van der Waals surface area contributed by atoms with Crippen molar-refractivity contribution >= 4 is 21.6 Å². The molecule has 0 saturated heterocycles. The van der Waals surface area contributed by atoms with E-state index in [1.807, 2.05) is 30.3 Å². The van der Waals surface area contributed by atoms with E-state index in [-0.39, 0.29) is 6.04 Å². The maximum Gasteiger partial charge on any atom is 0.120 e. The first-order chi connectivity index (χ1) is 9.58. The monoisotopic (exact) mass is 291 g/mol. The number of aromatic hydroxyl groups is 1. The van der Waals surface area contributed by atoms with Crippen LogP contribution in [0.2, 0.25) is 0 Å². The topological polar surface area (TPSA) is 49.3 Å². The lowest BCUT2D eigenvalue weighted by molar-refractivity contribution is 0.459. The van der Waals surface area contributed by atoms with Crippen LogP contribution in [-0.4, -0.2) is 27.4 Å². The van der Waals surface area contributed by atoms with E-state index in [0.29, 0.717) is 18.0 Å². The van der Waals surface area contributed by atoms with Crippen molar-refractivity contribution < 1.29 is 9.32 Å². The molecular weight excluding hydrogens is 270 g/mol. The Balaban J connectivity index is 2.09. The molecule has 0 radical (unpaired) electrons. The molecule has 0 aliphatic heterocycles. The standard InChI is InChI=1S/C16H21NO2S/c1-12(9-10-20(2)19)17-11-15-14-6-4-3-5-13(14)7-8-16(15)18/h3-8,12,17-18H,9-11H2,1-2H3. The molecular formula is C16H21NO2S. The Morgan fingerprint density at radius 3 is 2.75 bits per heavy atom. The molecule has 0 aliphatic rings. The number of phenolic OH excluding ortho intramolecular Hbond substituents is 1. The fourth-order valence-corrected chi connectivity index (χ4v) is 2.92. The Morgan fingerprint density at radius 1 is 1.25 bits per heavy atom. The molecule has 2 aromatic carbocycles. The van der Waals surface area contributed by atoms with Gasteiger partial charge in [-0.1, -0.05) is 30.3 Å². The van der Waals surface area contributed by atoms with E-state index in [0.717, 1.165) is 22.8 Å². The lowest BCUT2D eigenvalue weighted by Crippen LogP contribution is -2.27. The van der Waals surface area contributed by atoms with Crippen LogP contribution in [0.1, 0.15) is 18.9 Å². The molecule has 0 spiro atoms. The minimum absolute atomic E-state index is 0.275. The molecule has 0 aromatic heterocycles. The van der Waals surface area contributed by atoms with E-state index in [1.165, 1.54) is 0 Å². The molecule has 2 unspecified atom stereocenters. The van der Waals surface area contributed by atoms with Crippen molar-refractivity contribution in [1.82, 2.24) is 5.32 Å². The van der Waals surface area contributed by atoms with Gasteiger partial charge in [0.25, 0.3) is 0 Å². The minimum atomic E-state index is -0.750. The minimum Gasteiger partial charge on any atom is -0.508 e. The van der Waals surface area contributed by atoms with Crippen molar-refractivity contribution in [3.63, 3.8) is 0 Å². The van der Waals surface area contributed by atoms with Crippen LogP contribution in [0, 0.1) is 0 Å². The summed E-state index contributed by atoms with van der Waals surface area (Å²) in [5.41, 5.74) is 0.924. The van der Waals surface area contributed by atoms with Crippen LogP contribution in [0.3, 0.4) is 0 Å². The van der Waals surface area contributed by atoms with Crippen molar-refractivity contribution in [2.24, 2.45) is 0 Å². The van der Waals surface area contributed by atoms with Crippen LogP contribution < -0.4 is 5.32 Å². The van der Waals surface area contributed by atoms with E-state index in [4.69, 9.17) is 0 Å². The van der Waals surface area contributed by atoms with Crippen molar-refractivity contribution in [3.05, 3.63) is 42.0 Å². The fourth-order valence-electron chi connectivity index (χ4n) is 2.23. The van der Waals surface area contributed by atoms with Crippen molar-refractivity contribution in [3.8, 4) is 5.75 Å². The average molecular weight is 291 g/mol. The maximum atomic E-state index is 11.1. The average Bonchev–Trinajstić information content (AvgIpc) is 2.44. The normalized spacial score (nSPS) is 14.3. The van der Waals surface area contributed by atoms with Crippen molar-refractivity contribution in [1.29, 1.82) is 0 Å². The second-order valence-corrected chi connectivity index (χ2v) is 6.69. The molecule has 0 bridgehead atoms. The summed E-state index contributed by atoms with van der Waals surface area (Å²) in [7, 11) is -0.750. The van der Waals surface area contributed by atoms with Gasteiger partial charge >= 0.3 is 0 Å². The van der Waals surface area contributed by atoms with Crippen LogP contribution in [-0.2, 0) is 17.3 Å². The molecule has 0 saturated carbocycles. The number of fused-ring (bicyclic) bond motifs is 1. The molecule has 0 fully saturated rings. The number of phenols is 1. The van der Waals surface area contributed by atoms with E-state index < -0.39 is 10.8 Å². The van der Waals surface area contributed by atoms with Crippen molar-refractivity contribution in [2.45, 2.75) is 25.9 Å². The Morgan fingerprint density at radius 2 is 2.00 bits per heavy atom. The highest BCUT2D eigenvalue weighted by atomic mass is 32.2. The van der Waals surface area contributed by atoms with Crippen LogP contribution in [0.15, 0.2) is 36.4 Å². The lowest BCUT2D eigenvalue weighted by atomic mass is 10.0. The number of rotatable bonds is 6. The third kappa shape index (κ3) is 3.81. The van der Waals surface area contributed by atoms with Gasteiger partial charge in [-0.05, 0) is 30.2 Å². The molecule has 108 valence electrons. The Labute approximate surface area is 122 Å². The summed E-state index contributed by atoms with van der Waals surface area (Å²) < 4.78 is 11.1. The third-order valence-corrected chi connectivity index (χ3v) is 4.29. The molecule has 4 heteroatoms. The summed E-state index contributed by atoms with van der Waals surface area (Å²) in [4.78, 5) is 0. The molecule has 2 rings (SSSR count). The molecule has 2 aromatic rings. The van der Waals surface area contributed by atoms with Crippen LogP contribution in [0.5, 0.6) is 5.75 Å². The summed E-state index contributed by atoms with van der Waals surface area (Å²) in [6.45, 7) is 2.69. The predicted molar refractivity (Wildman–Crippen MR) is 85.5 cm³/mol. The lowest BCUT2D eigenvalue weighted by Gasteiger charge is -2.15. The Kier molecular flexibility index (Phi) is 5.15. The smallest absolute Gasteiger partial charge is 0.120 e. The second-order valence-electron chi connectivity index (χ2n) is 5.13. The third-order valence-electron chi connectivity index (χ3n) is 3.48. The zero-order chi connectivity index (χ0) is 14.5. The molecule has 0 aliphatic carbocycles. The largest absolute Gasteiger partial charge is 0.508 e. The highest BCUT2D eigenvalue weighted by molar-refractivity contribution is 7.84. The van der Waals surface area contributed by atoms with Gasteiger partial charge in [-0.3, -0.25) is 4.21 Å². The maximum absolute atomic E-state index is 11.1. The number of hydrogen-bond acceptors (Lipinski definition) is 3. The highest BCUT2D eigenvalue weighted by Gasteiger charge is 2.09. The molecule has 0 amide bonds. The molecule has 2 atom stereocenters. The summed E-state index contributed by atoms with van der Waals surface area (Å²) >= 11 is 0. The Hall–Kier alpha value is -1.39. The van der Waals surface area contributed by atoms with E-state index in [9.17, 15) is 9.32 Å². The zero-order valence-corrected chi connectivity index (χ0v) is 12.7. The van der Waals surface area contributed by atoms with Gasteiger partial charge in [-0.15, -0.1) is 0 Å². The van der Waals surface area contributed by atoms with Crippen LogP contribution in [0.25, 0.3) is 10.8 Å². The fraction of sp³-hybridized carbons (Fsp3) is 0.375. The summed E-state index contributed by atoms with van der Waals surface area (Å²) in [6.07, 6.45) is 2.60. The first-order valence-corrected chi connectivity index (χ1v) is 8.53. The van der Waals surface area contributed by atoms with Gasteiger partial charge in [0.05, 0.1) is 0 Å². The second kappa shape index (κ2) is 6.86. The van der Waals surface area contributed by atoms with Crippen LogP contribution >= 0.6 is 0 Å². The first-order valence-electron chi connectivity index (χ1n) is 6.81. The quantitative estimate of drug-likeness (QED) is 0.860. The molecule has 3 nitrogen and oxygen atoms in total. The van der Waals surface area contributed by atoms with E-state index >= 15 is 0 Å². The number of hydrogen-bond donors (Lipinski definition) is 2. The van der Waals surface area contributed by atoms with Crippen LogP contribution in [0.4, 0.5) is 0 Å². The van der Waals surface area contributed by atoms with Crippen molar-refractivity contribution in [2.75, 3.05) is 12.0 Å². The zero-order valence-electron chi connectivity index (χ0n) is 11.9. The SMILES string of the molecule is CC(CCS(C)=O)NCc1c(O)ccc2ccccc12. The van der Waals surface area contributed by atoms with Gasteiger partial charge in [0.2, 0.25) is 0 Å². The number of nitrogens with one attached hydrogen (secondary N) is 1. The van der Waals surface area contributed by atoms with Gasteiger partial charge in [0.1, 0.15) is 5.75 Å². The summed E-state index contributed by atoms with van der Waals surface area (Å²) in [6, 6.07) is 12.0. The number of benzene rings is 2. The van der Waals surface area contributed by atoms with E-state index in [1.54, 1.807) is 12.3 Å². The molecule has 2 N–H and O–H groups in total. The molecule has 20 heavy (non-hydrogen) atoms. The summed E-state index contributed by atoms with van der Waals surface area (Å²) in [5.74, 6) is 1.03. The molecule has 0 heterocycles.